The Morgan fingerprint density at radius 1 is 1.55 bits per heavy atom. The molecule has 11 heavy (non-hydrogen) atoms. The first-order chi connectivity index (χ1) is 5.13. The number of carbonyl (C=O) groups is 2. The molecule has 0 bridgehead atoms. The highest BCUT2D eigenvalue weighted by atomic mass is 127. The van der Waals surface area contributed by atoms with E-state index in [1.165, 1.54) is 6.92 Å². The number of halogens is 1. The molecule has 1 atom stereocenters. The molecule has 1 rings (SSSR count). The van der Waals surface area contributed by atoms with E-state index >= 15 is 0 Å². The second kappa shape index (κ2) is 3.51. The van der Waals surface area contributed by atoms with Gasteiger partial charge < -0.3 is 4.90 Å². The van der Waals surface area contributed by atoms with Crippen molar-refractivity contribution in [2.75, 3.05) is 6.54 Å². The van der Waals surface area contributed by atoms with Crippen LogP contribution in [0.4, 0.5) is 0 Å². The van der Waals surface area contributed by atoms with Crippen LogP contribution < -0.4 is 0 Å². The topological polar surface area (TPSA) is 37.4 Å². The smallest absolute Gasteiger partial charge is 0.220 e. The molecule has 1 unspecified atom stereocenters. The van der Waals surface area contributed by atoms with Crippen molar-refractivity contribution in [3.63, 3.8) is 0 Å². The molecule has 1 fully saturated rings. The summed E-state index contributed by atoms with van der Waals surface area (Å²) < 4.78 is 0.0790. The maximum atomic E-state index is 11.0. The molecule has 1 heterocycles. The van der Waals surface area contributed by atoms with Gasteiger partial charge in [0.05, 0.1) is 0 Å². The van der Waals surface area contributed by atoms with E-state index in [0.29, 0.717) is 0 Å². The Balaban J connectivity index is 2.65. The van der Waals surface area contributed by atoms with Crippen molar-refractivity contribution >= 4 is 32.3 Å². The van der Waals surface area contributed by atoms with E-state index in [0.717, 1.165) is 19.4 Å². The van der Waals surface area contributed by atoms with Crippen LogP contribution in [0.3, 0.4) is 0 Å². The lowest BCUT2D eigenvalue weighted by atomic mass is 10.2. The third kappa shape index (κ3) is 1.91. The quantitative estimate of drug-likeness (QED) is 0.524. The van der Waals surface area contributed by atoms with E-state index in [4.69, 9.17) is 0 Å². The van der Waals surface area contributed by atoms with E-state index in [2.05, 4.69) is 0 Å². The molecule has 0 spiro atoms. The van der Waals surface area contributed by atoms with Gasteiger partial charge in [-0.1, -0.05) is 0 Å². The van der Waals surface area contributed by atoms with Gasteiger partial charge in [-0.15, -0.1) is 0 Å². The van der Waals surface area contributed by atoms with Gasteiger partial charge >= 0.3 is 0 Å². The highest BCUT2D eigenvalue weighted by Gasteiger charge is 2.30. The number of nitrogens with zero attached hydrogens (tertiary/aromatic N) is 1. The van der Waals surface area contributed by atoms with Crippen LogP contribution in [-0.2, 0) is 9.59 Å². The molecule has 3 nitrogen and oxygen atoms in total. The average Bonchev–Trinajstić information content (AvgIpc) is 2.32. The second-order valence-corrected chi connectivity index (χ2v) is 3.74. The van der Waals surface area contributed by atoms with Crippen LogP contribution in [0.15, 0.2) is 0 Å². The fraction of sp³-hybridized carbons (Fsp3) is 0.714. The second-order valence-electron chi connectivity index (χ2n) is 2.67. The number of hydrogen-bond acceptors (Lipinski definition) is 2. The molecule has 1 aliphatic heterocycles. The number of rotatable bonds is 1. The molecular formula is C7H10INO2. The van der Waals surface area contributed by atoms with E-state index in [-0.39, 0.29) is 15.7 Å². The van der Waals surface area contributed by atoms with Crippen molar-refractivity contribution in [1.29, 1.82) is 0 Å². The molecule has 62 valence electrons. The maximum Gasteiger partial charge on any atom is 0.220 e. The van der Waals surface area contributed by atoms with Crippen LogP contribution in [-0.4, -0.2) is 27.2 Å². The van der Waals surface area contributed by atoms with Crippen molar-refractivity contribution in [1.82, 2.24) is 4.90 Å². The van der Waals surface area contributed by atoms with Crippen LogP contribution in [0, 0.1) is 0 Å². The fourth-order valence-corrected chi connectivity index (χ4v) is 2.03. The van der Waals surface area contributed by atoms with Gasteiger partial charge in [0.15, 0.2) is 0 Å². The van der Waals surface area contributed by atoms with Gasteiger partial charge in [-0.2, -0.15) is 0 Å². The normalized spacial score (nSPS) is 23.8. The van der Waals surface area contributed by atoms with Crippen molar-refractivity contribution in [2.45, 2.75) is 25.8 Å². The molecule has 0 aromatic carbocycles. The highest BCUT2D eigenvalue weighted by Crippen LogP contribution is 2.19. The Morgan fingerprint density at radius 3 is 2.55 bits per heavy atom. The van der Waals surface area contributed by atoms with E-state index < -0.39 is 0 Å². The summed E-state index contributed by atoms with van der Waals surface area (Å²) in [5, 5.41) is 0. The first kappa shape index (κ1) is 8.96. The summed E-state index contributed by atoms with van der Waals surface area (Å²) >= 11 is 1.76. The number of carbonyl (C=O) groups excluding carboxylic acids is 2. The summed E-state index contributed by atoms with van der Waals surface area (Å²) in [7, 11) is 0. The van der Waals surface area contributed by atoms with Gasteiger partial charge in [0, 0.05) is 36.1 Å². The lowest BCUT2D eigenvalue weighted by Gasteiger charge is -2.19. The summed E-state index contributed by atoms with van der Waals surface area (Å²) in [6.45, 7) is 2.26. The molecule has 0 saturated carbocycles. The Labute approximate surface area is 79.3 Å². The fourth-order valence-electron chi connectivity index (χ4n) is 1.38. The highest BCUT2D eigenvalue weighted by molar-refractivity contribution is 14.1. The lowest BCUT2D eigenvalue weighted by molar-refractivity contribution is -0.132. The van der Waals surface area contributed by atoms with E-state index in [1.54, 1.807) is 27.5 Å². The largest absolute Gasteiger partial charge is 0.332 e. The molecule has 1 amide bonds. The third-order valence-electron chi connectivity index (χ3n) is 1.92. The van der Waals surface area contributed by atoms with Gasteiger partial charge in [0.2, 0.25) is 9.70 Å². The van der Waals surface area contributed by atoms with Crippen LogP contribution in [0.2, 0.25) is 0 Å². The van der Waals surface area contributed by atoms with Gasteiger partial charge in [0.1, 0.15) is 6.04 Å². The van der Waals surface area contributed by atoms with Crippen LogP contribution in [0.25, 0.3) is 0 Å². The van der Waals surface area contributed by atoms with E-state index in [1.807, 2.05) is 0 Å². The Morgan fingerprint density at radius 2 is 2.18 bits per heavy atom. The van der Waals surface area contributed by atoms with Crippen molar-refractivity contribution in [2.24, 2.45) is 0 Å². The summed E-state index contributed by atoms with van der Waals surface area (Å²) in [4.78, 5) is 23.5. The maximum absolute atomic E-state index is 11.0. The molecule has 0 N–H and O–H groups in total. The minimum Gasteiger partial charge on any atom is -0.332 e. The lowest BCUT2D eigenvalue weighted by Crippen LogP contribution is -2.36. The Bertz CT molecular complexity index is 173. The molecule has 1 saturated heterocycles. The monoisotopic (exact) mass is 267 g/mol. The zero-order chi connectivity index (χ0) is 8.43. The summed E-state index contributed by atoms with van der Waals surface area (Å²) in [5.41, 5.74) is 0. The first-order valence-corrected chi connectivity index (χ1v) is 4.67. The van der Waals surface area contributed by atoms with Crippen molar-refractivity contribution in [3.05, 3.63) is 0 Å². The van der Waals surface area contributed by atoms with Crippen LogP contribution >= 0.6 is 22.6 Å². The molecule has 4 heteroatoms. The number of hydrogen-bond donors (Lipinski definition) is 0. The summed E-state index contributed by atoms with van der Waals surface area (Å²) in [5.74, 6) is 0.0116. The van der Waals surface area contributed by atoms with Gasteiger partial charge in [-0.3, -0.25) is 9.59 Å². The minimum atomic E-state index is -0.145. The molecule has 1 aliphatic rings. The van der Waals surface area contributed by atoms with Crippen molar-refractivity contribution < 1.29 is 9.59 Å². The van der Waals surface area contributed by atoms with Crippen LogP contribution in [0.5, 0.6) is 0 Å². The Hall–Kier alpha value is -0.130. The first-order valence-electron chi connectivity index (χ1n) is 3.59. The molecular weight excluding hydrogens is 257 g/mol. The van der Waals surface area contributed by atoms with Gasteiger partial charge in [-0.25, -0.2) is 0 Å². The average molecular weight is 267 g/mol. The molecule has 0 radical (unpaired) electrons. The van der Waals surface area contributed by atoms with E-state index in [9.17, 15) is 9.59 Å². The zero-order valence-corrected chi connectivity index (χ0v) is 8.50. The predicted molar refractivity (Wildman–Crippen MR) is 49.4 cm³/mol. The van der Waals surface area contributed by atoms with Gasteiger partial charge in [-0.05, 0) is 12.8 Å². The van der Waals surface area contributed by atoms with Crippen LogP contribution in [0.1, 0.15) is 19.8 Å². The zero-order valence-electron chi connectivity index (χ0n) is 6.34. The standard InChI is InChI=1S/C7H10INO2/c1-5(10)9-4-2-3-6(9)7(8)11/h6H,2-4H2,1H3. The van der Waals surface area contributed by atoms with Gasteiger partial charge in [0.25, 0.3) is 0 Å². The molecule has 0 aromatic heterocycles. The molecule has 0 aromatic rings. The number of likely N-dealkylation sites (tertiary alicyclic amines) is 1. The predicted octanol–water partition coefficient (Wildman–Crippen LogP) is 0.959. The Kier molecular flexibility index (Phi) is 2.86. The number of amides is 1. The minimum absolute atomic E-state index is 0.0116. The molecule has 0 aliphatic carbocycles. The SMILES string of the molecule is CC(=O)N1CCCC1C(=O)I. The van der Waals surface area contributed by atoms with Crippen molar-refractivity contribution in [3.8, 4) is 0 Å². The summed E-state index contributed by atoms with van der Waals surface area (Å²) in [6, 6.07) is -0.145. The third-order valence-corrected chi connectivity index (χ3v) is 2.64. The summed E-state index contributed by atoms with van der Waals surface area (Å²) in [6.07, 6.45) is 1.79.